The number of aromatic carboxylic acids is 1. The van der Waals surface area contributed by atoms with Gasteiger partial charge in [0.25, 0.3) is 0 Å². The third-order valence-corrected chi connectivity index (χ3v) is 4.75. The van der Waals surface area contributed by atoms with Gasteiger partial charge in [0.15, 0.2) is 6.79 Å². The van der Waals surface area contributed by atoms with Crippen molar-refractivity contribution in [3.63, 3.8) is 0 Å². The Morgan fingerprint density at radius 1 is 0.793 bits per heavy atom. The number of carboxylic acid groups (broad SMARTS) is 1. The summed E-state index contributed by atoms with van der Waals surface area (Å²) >= 11 is 0. The van der Waals surface area contributed by atoms with Crippen LogP contribution < -0.4 is 4.74 Å². The van der Waals surface area contributed by atoms with Gasteiger partial charge in [-0.2, -0.15) is 0 Å². The molecule has 0 aliphatic carbocycles. The minimum atomic E-state index is -0.969. The lowest BCUT2D eigenvalue weighted by molar-refractivity contribution is 0.0515. The zero-order valence-corrected chi connectivity index (χ0v) is 17.5. The van der Waals surface area contributed by atoms with E-state index in [0.29, 0.717) is 11.3 Å². The zero-order valence-electron chi connectivity index (χ0n) is 17.5. The first-order valence-corrected chi connectivity index (χ1v) is 9.49. The molecule has 0 aliphatic heterocycles. The van der Waals surface area contributed by atoms with Gasteiger partial charge < -0.3 is 14.6 Å². The Labute approximate surface area is 171 Å². The maximum atomic E-state index is 12.1. The molecule has 0 bridgehead atoms. The fourth-order valence-electron chi connectivity index (χ4n) is 3.83. The van der Waals surface area contributed by atoms with Crippen molar-refractivity contribution >= 4 is 5.97 Å². The van der Waals surface area contributed by atoms with E-state index in [-0.39, 0.29) is 12.4 Å². The number of rotatable bonds is 6. The summed E-state index contributed by atoms with van der Waals surface area (Å²) in [6, 6.07) is 15.6. The Balaban J connectivity index is 2.43. The molecule has 0 spiro atoms. The number of methoxy groups -OCH3 is 1. The maximum absolute atomic E-state index is 12.1. The Bertz CT molecular complexity index is 1030. The van der Waals surface area contributed by atoms with E-state index >= 15 is 0 Å². The molecule has 3 aromatic carbocycles. The van der Waals surface area contributed by atoms with Crippen LogP contribution in [0, 0.1) is 27.7 Å². The van der Waals surface area contributed by atoms with Gasteiger partial charge in [0.1, 0.15) is 5.75 Å². The van der Waals surface area contributed by atoms with Gasteiger partial charge in [-0.25, -0.2) is 4.79 Å². The Hall–Kier alpha value is -3.11. The number of benzene rings is 3. The number of hydrogen-bond donors (Lipinski definition) is 1. The number of hydrogen-bond acceptors (Lipinski definition) is 3. The lowest BCUT2D eigenvalue weighted by Crippen LogP contribution is -2.06. The van der Waals surface area contributed by atoms with Crippen molar-refractivity contribution in [2.75, 3.05) is 13.9 Å². The summed E-state index contributed by atoms with van der Waals surface area (Å²) in [5.41, 5.74) is 7.80. The highest BCUT2D eigenvalue weighted by molar-refractivity contribution is 6.03. The number of ether oxygens (including phenoxy) is 2. The van der Waals surface area contributed by atoms with Crippen LogP contribution in [-0.2, 0) is 4.74 Å². The average Bonchev–Trinajstić information content (AvgIpc) is 2.63. The average molecular weight is 390 g/mol. The number of carboxylic acids is 1. The van der Waals surface area contributed by atoms with Crippen molar-refractivity contribution in [2.45, 2.75) is 27.7 Å². The van der Waals surface area contributed by atoms with Gasteiger partial charge in [-0.1, -0.05) is 58.7 Å². The maximum Gasteiger partial charge on any atom is 0.336 e. The number of aryl methyl sites for hydroxylation is 4. The monoisotopic (exact) mass is 390 g/mol. The largest absolute Gasteiger partial charge is 0.478 e. The second kappa shape index (κ2) is 8.50. The fourth-order valence-corrected chi connectivity index (χ4v) is 3.83. The van der Waals surface area contributed by atoms with Gasteiger partial charge in [0.2, 0.25) is 0 Å². The highest BCUT2D eigenvalue weighted by Crippen LogP contribution is 2.43. The second-order valence-corrected chi connectivity index (χ2v) is 7.47. The van der Waals surface area contributed by atoms with Crippen molar-refractivity contribution < 1.29 is 19.4 Å². The minimum Gasteiger partial charge on any atom is -0.478 e. The van der Waals surface area contributed by atoms with Crippen LogP contribution in [-0.4, -0.2) is 25.0 Å². The normalized spacial score (nSPS) is 10.8. The minimum absolute atomic E-state index is 0.0799. The number of carbonyl (C=O) groups is 1. The van der Waals surface area contributed by atoms with Crippen LogP contribution >= 0.6 is 0 Å². The summed E-state index contributed by atoms with van der Waals surface area (Å²) in [7, 11) is 1.56. The molecule has 0 amide bonds. The van der Waals surface area contributed by atoms with E-state index in [1.54, 1.807) is 19.2 Å². The molecule has 29 heavy (non-hydrogen) atoms. The molecule has 0 unspecified atom stereocenters. The smallest absolute Gasteiger partial charge is 0.336 e. The Morgan fingerprint density at radius 2 is 1.28 bits per heavy atom. The molecule has 0 fully saturated rings. The molecule has 0 saturated carbocycles. The van der Waals surface area contributed by atoms with Gasteiger partial charge >= 0.3 is 5.97 Å². The molecule has 0 aromatic heterocycles. The molecule has 3 aromatic rings. The van der Waals surface area contributed by atoms with E-state index in [1.807, 2.05) is 39.8 Å². The van der Waals surface area contributed by atoms with E-state index in [4.69, 9.17) is 9.47 Å². The highest BCUT2D eigenvalue weighted by Gasteiger charge is 2.22. The molecule has 1 N–H and O–H groups in total. The molecule has 0 atom stereocenters. The van der Waals surface area contributed by atoms with Crippen LogP contribution in [0.2, 0.25) is 0 Å². The lowest BCUT2D eigenvalue weighted by Gasteiger charge is -2.20. The quantitative estimate of drug-likeness (QED) is 0.530. The van der Waals surface area contributed by atoms with Crippen LogP contribution in [0.25, 0.3) is 22.3 Å². The van der Waals surface area contributed by atoms with Crippen molar-refractivity contribution in [1.82, 2.24) is 0 Å². The Kier molecular flexibility index (Phi) is 6.04. The molecule has 4 heteroatoms. The van der Waals surface area contributed by atoms with Crippen LogP contribution in [0.4, 0.5) is 0 Å². The first-order valence-electron chi connectivity index (χ1n) is 9.49. The first-order chi connectivity index (χ1) is 13.8. The van der Waals surface area contributed by atoms with Gasteiger partial charge in [-0.15, -0.1) is 0 Å². The third-order valence-electron chi connectivity index (χ3n) is 4.75. The summed E-state index contributed by atoms with van der Waals surface area (Å²) in [5, 5.41) is 9.95. The predicted molar refractivity (Wildman–Crippen MR) is 116 cm³/mol. The van der Waals surface area contributed by atoms with Gasteiger partial charge in [0.05, 0.1) is 5.56 Å². The van der Waals surface area contributed by atoms with Crippen molar-refractivity contribution in [3.05, 3.63) is 76.3 Å². The predicted octanol–water partition coefficient (Wildman–Crippen LogP) is 5.94. The molecular formula is C25H26O4. The molecule has 0 aliphatic rings. The fraction of sp³-hybridized carbons (Fsp3) is 0.240. The molecular weight excluding hydrogens is 364 g/mol. The van der Waals surface area contributed by atoms with E-state index < -0.39 is 5.97 Å². The summed E-state index contributed by atoms with van der Waals surface area (Å²) in [5.74, 6) is -0.376. The van der Waals surface area contributed by atoms with Crippen LogP contribution in [0.3, 0.4) is 0 Å². The van der Waals surface area contributed by atoms with Crippen LogP contribution in [0.1, 0.15) is 32.6 Å². The highest BCUT2D eigenvalue weighted by atomic mass is 16.7. The molecule has 0 heterocycles. The topological polar surface area (TPSA) is 55.8 Å². The third kappa shape index (κ3) is 4.49. The first kappa shape index (κ1) is 20.6. The summed E-state index contributed by atoms with van der Waals surface area (Å²) in [6.07, 6.45) is 0. The molecule has 0 saturated heterocycles. The van der Waals surface area contributed by atoms with E-state index in [2.05, 4.69) is 24.3 Å². The van der Waals surface area contributed by atoms with Crippen molar-refractivity contribution in [1.29, 1.82) is 0 Å². The summed E-state index contributed by atoms with van der Waals surface area (Å²) < 4.78 is 11.0. The lowest BCUT2D eigenvalue weighted by atomic mass is 9.87. The van der Waals surface area contributed by atoms with Crippen molar-refractivity contribution in [2.24, 2.45) is 0 Å². The SMILES string of the molecule is COCOc1ccc(C(=O)O)c(-c2cc(C)cc(C)c2)c1-c1cc(C)cc(C)c1. The van der Waals surface area contributed by atoms with Crippen molar-refractivity contribution in [3.8, 4) is 28.0 Å². The molecule has 0 radical (unpaired) electrons. The van der Waals surface area contributed by atoms with Gasteiger partial charge in [-0.05, 0) is 51.0 Å². The second-order valence-electron chi connectivity index (χ2n) is 7.47. The summed E-state index contributed by atoms with van der Waals surface area (Å²) in [4.78, 5) is 12.1. The Morgan fingerprint density at radius 3 is 1.72 bits per heavy atom. The molecule has 4 nitrogen and oxygen atoms in total. The summed E-state index contributed by atoms with van der Waals surface area (Å²) in [6.45, 7) is 8.17. The molecule has 3 rings (SSSR count). The molecule has 150 valence electrons. The van der Waals surface area contributed by atoms with E-state index in [9.17, 15) is 9.90 Å². The van der Waals surface area contributed by atoms with Gasteiger partial charge in [0, 0.05) is 18.2 Å². The van der Waals surface area contributed by atoms with E-state index in [0.717, 1.165) is 38.9 Å². The standard InChI is InChI=1S/C25H26O4/c1-15-8-16(2)11-19(10-15)23-21(25(26)27)6-7-22(29-14-28-5)24(23)20-12-17(3)9-18(4)13-20/h6-13H,14H2,1-5H3,(H,26,27). The zero-order chi connectivity index (χ0) is 21.1. The van der Waals surface area contributed by atoms with Crippen LogP contribution in [0.5, 0.6) is 5.75 Å². The van der Waals surface area contributed by atoms with Gasteiger partial charge in [-0.3, -0.25) is 0 Å². The van der Waals surface area contributed by atoms with Crippen LogP contribution in [0.15, 0.2) is 48.5 Å². The van der Waals surface area contributed by atoms with E-state index in [1.165, 1.54) is 0 Å².